The largest absolute Gasteiger partial charge is 0.399 e. The summed E-state index contributed by atoms with van der Waals surface area (Å²) in [7, 11) is -1.61. The topological polar surface area (TPSA) is 63.4 Å². The first-order valence-electron chi connectivity index (χ1n) is 6.41. The zero-order chi connectivity index (χ0) is 15.3. The van der Waals surface area contributed by atoms with Gasteiger partial charge in [-0.2, -0.15) is 11.3 Å². The van der Waals surface area contributed by atoms with E-state index in [1.807, 2.05) is 41.1 Å². The Balaban J connectivity index is 1.86. The first-order chi connectivity index (χ1) is 9.97. The molecule has 0 radical (unpaired) electrons. The smallest absolute Gasteiger partial charge is 0.214 e. The van der Waals surface area contributed by atoms with Crippen LogP contribution in [0.5, 0.6) is 0 Å². The van der Waals surface area contributed by atoms with Crippen LogP contribution in [0.1, 0.15) is 5.56 Å². The van der Waals surface area contributed by atoms with Crippen molar-refractivity contribution in [1.82, 2.24) is 4.31 Å². The molecule has 0 amide bonds. The van der Waals surface area contributed by atoms with Gasteiger partial charge in [0.2, 0.25) is 10.0 Å². The van der Waals surface area contributed by atoms with Crippen molar-refractivity contribution in [2.45, 2.75) is 11.4 Å². The molecule has 0 bridgehead atoms. The Labute approximate surface area is 134 Å². The van der Waals surface area contributed by atoms with Crippen molar-refractivity contribution < 1.29 is 8.42 Å². The molecule has 1 aromatic carbocycles. The average Bonchev–Trinajstić information content (AvgIpc) is 2.91. The van der Waals surface area contributed by atoms with Crippen LogP contribution in [0.25, 0.3) is 0 Å². The van der Waals surface area contributed by atoms with Crippen molar-refractivity contribution in [3.63, 3.8) is 0 Å². The number of nitrogens with two attached hydrogens (primary N) is 1. The summed E-state index contributed by atoms with van der Waals surface area (Å²) in [6.07, 6.45) is 0. The molecule has 1 aromatic heterocycles. The molecule has 4 nitrogen and oxygen atoms in total. The predicted molar refractivity (Wildman–Crippen MR) is 91.2 cm³/mol. The van der Waals surface area contributed by atoms with Crippen LogP contribution in [-0.2, 0) is 16.6 Å². The van der Waals surface area contributed by atoms with Gasteiger partial charge in [-0.05, 0) is 40.6 Å². The minimum absolute atomic E-state index is 0.118. The minimum Gasteiger partial charge on any atom is -0.399 e. The predicted octanol–water partition coefficient (Wildman–Crippen LogP) is 2.88. The Morgan fingerprint density at radius 1 is 1.33 bits per heavy atom. The lowest BCUT2D eigenvalue weighted by Gasteiger charge is -2.16. The summed E-state index contributed by atoms with van der Waals surface area (Å²) in [4.78, 5) is 0.991. The zero-order valence-electron chi connectivity index (χ0n) is 11.7. The number of nitrogen functional groups attached to an aromatic ring is 1. The fourth-order valence-corrected chi connectivity index (χ4v) is 4.89. The molecule has 2 aromatic rings. The van der Waals surface area contributed by atoms with Crippen molar-refractivity contribution in [2.24, 2.45) is 0 Å². The van der Waals surface area contributed by atoms with E-state index in [1.54, 1.807) is 18.4 Å². The molecule has 0 saturated carbocycles. The van der Waals surface area contributed by atoms with E-state index < -0.39 is 10.0 Å². The van der Waals surface area contributed by atoms with Crippen LogP contribution >= 0.6 is 23.1 Å². The van der Waals surface area contributed by atoms with E-state index >= 15 is 0 Å². The Morgan fingerprint density at radius 2 is 2.14 bits per heavy atom. The van der Waals surface area contributed by atoms with E-state index in [2.05, 4.69) is 0 Å². The van der Waals surface area contributed by atoms with Gasteiger partial charge in [-0.1, -0.05) is 6.07 Å². The maximum absolute atomic E-state index is 12.2. The number of benzene rings is 1. The van der Waals surface area contributed by atoms with Crippen molar-refractivity contribution >= 4 is 38.8 Å². The van der Waals surface area contributed by atoms with E-state index in [4.69, 9.17) is 5.73 Å². The normalized spacial score (nSPS) is 11.9. The van der Waals surface area contributed by atoms with Gasteiger partial charge < -0.3 is 5.73 Å². The molecule has 0 unspecified atom stereocenters. The van der Waals surface area contributed by atoms with Gasteiger partial charge in [0.1, 0.15) is 0 Å². The second-order valence-corrected chi connectivity index (χ2v) is 8.77. The molecular weight excluding hydrogens is 324 g/mol. The summed E-state index contributed by atoms with van der Waals surface area (Å²) in [5.41, 5.74) is 7.42. The van der Waals surface area contributed by atoms with E-state index in [0.717, 1.165) is 10.5 Å². The lowest BCUT2D eigenvalue weighted by atomic mass is 10.3. The van der Waals surface area contributed by atoms with Gasteiger partial charge in [-0.25, -0.2) is 12.7 Å². The van der Waals surface area contributed by atoms with Crippen LogP contribution in [0.4, 0.5) is 5.69 Å². The monoisotopic (exact) mass is 342 g/mol. The number of sulfonamides is 1. The lowest BCUT2D eigenvalue weighted by Crippen LogP contribution is -2.29. The van der Waals surface area contributed by atoms with Crippen LogP contribution in [0.3, 0.4) is 0 Å². The highest BCUT2D eigenvalue weighted by Gasteiger charge is 2.18. The second kappa shape index (κ2) is 7.31. The van der Waals surface area contributed by atoms with Gasteiger partial charge in [-0.15, -0.1) is 11.8 Å². The van der Waals surface area contributed by atoms with E-state index in [9.17, 15) is 8.42 Å². The third-order valence-corrected chi connectivity index (χ3v) is 6.71. The first kappa shape index (κ1) is 16.4. The second-order valence-electron chi connectivity index (χ2n) is 4.62. The maximum atomic E-state index is 12.2. The quantitative estimate of drug-likeness (QED) is 0.621. The Hall–Kier alpha value is -1.02. The molecule has 1 heterocycles. The highest BCUT2D eigenvalue weighted by atomic mass is 32.2. The summed E-state index contributed by atoms with van der Waals surface area (Å²) in [6, 6.07) is 9.41. The fraction of sp³-hybridized carbons (Fsp3) is 0.286. The highest BCUT2D eigenvalue weighted by molar-refractivity contribution is 8.00. The number of hydrogen-bond acceptors (Lipinski definition) is 5. The Bertz CT molecular complexity index is 669. The van der Waals surface area contributed by atoms with Gasteiger partial charge in [0.25, 0.3) is 0 Å². The van der Waals surface area contributed by atoms with E-state index in [1.165, 1.54) is 16.1 Å². The third-order valence-electron chi connectivity index (χ3n) is 2.93. The summed E-state index contributed by atoms with van der Waals surface area (Å²) >= 11 is 3.07. The number of hydrogen-bond donors (Lipinski definition) is 1. The molecule has 2 N–H and O–H groups in total. The van der Waals surface area contributed by atoms with Crippen LogP contribution in [-0.4, -0.2) is 31.3 Å². The number of thioether (sulfide) groups is 1. The van der Waals surface area contributed by atoms with Gasteiger partial charge in [0, 0.05) is 29.9 Å². The van der Waals surface area contributed by atoms with Crippen molar-refractivity contribution in [2.75, 3.05) is 24.3 Å². The highest BCUT2D eigenvalue weighted by Crippen LogP contribution is 2.21. The molecule has 0 fully saturated rings. The number of nitrogens with zero attached hydrogens (tertiary/aromatic N) is 1. The molecule has 2 rings (SSSR count). The summed E-state index contributed by atoms with van der Waals surface area (Å²) in [5, 5.41) is 3.92. The standard InChI is InChI=1S/C14H18N2O2S3/c1-16(10-12-5-6-19-11-12)21(17,18)8-7-20-14-4-2-3-13(15)9-14/h2-6,9,11H,7-8,10,15H2,1H3. The first-order valence-corrected chi connectivity index (χ1v) is 9.94. The van der Waals surface area contributed by atoms with Crippen LogP contribution in [0.2, 0.25) is 0 Å². The van der Waals surface area contributed by atoms with Gasteiger partial charge in [0.15, 0.2) is 0 Å². The molecule has 0 aliphatic rings. The molecule has 114 valence electrons. The summed E-state index contributed by atoms with van der Waals surface area (Å²) < 4.78 is 25.8. The molecule has 0 aliphatic carbocycles. The number of rotatable bonds is 7. The third kappa shape index (κ3) is 5.03. The van der Waals surface area contributed by atoms with Crippen molar-refractivity contribution in [3.8, 4) is 0 Å². The summed E-state index contributed by atoms with van der Waals surface area (Å²) in [6.45, 7) is 0.425. The van der Waals surface area contributed by atoms with Gasteiger partial charge in [-0.3, -0.25) is 0 Å². The van der Waals surface area contributed by atoms with Gasteiger partial charge in [0.05, 0.1) is 5.75 Å². The van der Waals surface area contributed by atoms with Crippen LogP contribution in [0, 0.1) is 0 Å². The minimum atomic E-state index is -3.23. The maximum Gasteiger partial charge on any atom is 0.214 e. The van der Waals surface area contributed by atoms with E-state index in [0.29, 0.717) is 18.0 Å². The molecule has 21 heavy (non-hydrogen) atoms. The molecule has 0 aliphatic heterocycles. The molecule has 7 heteroatoms. The fourth-order valence-electron chi connectivity index (χ4n) is 1.76. The van der Waals surface area contributed by atoms with Crippen LogP contribution in [0.15, 0.2) is 46.0 Å². The number of anilines is 1. The Kier molecular flexibility index (Phi) is 5.69. The Morgan fingerprint density at radius 3 is 2.81 bits per heavy atom. The number of thiophene rings is 1. The van der Waals surface area contributed by atoms with Crippen LogP contribution < -0.4 is 5.73 Å². The zero-order valence-corrected chi connectivity index (χ0v) is 14.2. The molecular formula is C14H18N2O2S3. The van der Waals surface area contributed by atoms with E-state index in [-0.39, 0.29) is 5.75 Å². The molecule has 0 spiro atoms. The summed E-state index contributed by atoms with van der Waals surface area (Å²) in [5.74, 6) is 0.632. The lowest BCUT2D eigenvalue weighted by molar-refractivity contribution is 0.468. The molecule has 0 atom stereocenters. The molecule has 0 saturated heterocycles. The van der Waals surface area contributed by atoms with Gasteiger partial charge >= 0.3 is 0 Å². The van der Waals surface area contributed by atoms with Crippen molar-refractivity contribution in [1.29, 1.82) is 0 Å². The average molecular weight is 343 g/mol. The SMILES string of the molecule is CN(Cc1ccsc1)S(=O)(=O)CCSc1cccc(N)c1. The van der Waals surface area contributed by atoms with Crippen molar-refractivity contribution in [3.05, 3.63) is 46.7 Å².